The molecule has 5 heteroatoms. The Morgan fingerprint density at radius 1 is 1.29 bits per heavy atom. The lowest BCUT2D eigenvalue weighted by Gasteiger charge is -2.12. The molecule has 0 radical (unpaired) electrons. The lowest BCUT2D eigenvalue weighted by Crippen LogP contribution is -2.08. The Morgan fingerprint density at radius 3 is 2.71 bits per heavy atom. The summed E-state index contributed by atoms with van der Waals surface area (Å²) in [7, 11) is 0. The zero-order valence-electron chi connectivity index (χ0n) is 11.9. The Hall–Kier alpha value is -2.01. The van der Waals surface area contributed by atoms with Crippen molar-refractivity contribution in [3.63, 3.8) is 0 Å². The molecule has 0 atom stereocenters. The number of ether oxygens (including phenoxy) is 1. The van der Waals surface area contributed by atoms with Crippen molar-refractivity contribution in [2.45, 2.75) is 13.8 Å². The Labute approximate surface area is 132 Å². The van der Waals surface area contributed by atoms with Crippen molar-refractivity contribution < 1.29 is 9.53 Å². The molecule has 0 unspecified atom stereocenters. The van der Waals surface area contributed by atoms with E-state index in [0.717, 1.165) is 21.4 Å². The molecule has 21 heavy (non-hydrogen) atoms. The van der Waals surface area contributed by atoms with Crippen LogP contribution < -0.4 is 11.1 Å². The van der Waals surface area contributed by atoms with Crippen molar-refractivity contribution in [2.24, 2.45) is 0 Å². The molecule has 4 nitrogen and oxygen atoms in total. The second-order valence-corrected chi connectivity index (χ2v) is 5.49. The number of halogens is 1. The van der Waals surface area contributed by atoms with Crippen LogP contribution in [-0.2, 0) is 4.74 Å². The first-order valence-corrected chi connectivity index (χ1v) is 7.40. The summed E-state index contributed by atoms with van der Waals surface area (Å²) < 4.78 is 5.95. The fourth-order valence-electron chi connectivity index (χ4n) is 1.90. The highest BCUT2D eigenvalue weighted by atomic mass is 79.9. The fraction of sp³-hybridized carbons (Fsp3) is 0.188. The van der Waals surface area contributed by atoms with Crippen molar-refractivity contribution in [1.29, 1.82) is 0 Å². The molecule has 0 saturated heterocycles. The maximum atomic E-state index is 11.8. The van der Waals surface area contributed by atoms with E-state index in [1.807, 2.05) is 31.2 Å². The molecule has 0 aliphatic carbocycles. The maximum absolute atomic E-state index is 11.8. The van der Waals surface area contributed by atoms with Gasteiger partial charge in [0, 0.05) is 15.8 Å². The summed E-state index contributed by atoms with van der Waals surface area (Å²) in [6.45, 7) is 4.11. The van der Waals surface area contributed by atoms with Gasteiger partial charge >= 0.3 is 5.97 Å². The number of hydrogen-bond donors (Lipinski definition) is 2. The minimum absolute atomic E-state index is 0.319. The quantitative estimate of drug-likeness (QED) is 0.639. The molecule has 0 fully saturated rings. The van der Waals surface area contributed by atoms with Gasteiger partial charge in [0.2, 0.25) is 0 Å². The minimum Gasteiger partial charge on any atom is -0.462 e. The highest BCUT2D eigenvalue weighted by Crippen LogP contribution is 2.28. The Morgan fingerprint density at radius 2 is 2.05 bits per heavy atom. The summed E-state index contributed by atoms with van der Waals surface area (Å²) in [6.07, 6.45) is 0. The summed E-state index contributed by atoms with van der Waals surface area (Å²) in [4.78, 5) is 11.8. The fourth-order valence-corrected chi connectivity index (χ4v) is 2.49. The van der Waals surface area contributed by atoms with Crippen LogP contribution >= 0.6 is 15.9 Å². The zero-order chi connectivity index (χ0) is 15.4. The van der Waals surface area contributed by atoms with Crippen LogP contribution in [0, 0.1) is 6.92 Å². The predicted octanol–water partition coefficient (Wildman–Crippen LogP) is 4.26. The number of anilines is 3. The van der Waals surface area contributed by atoms with Gasteiger partial charge in [-0.25, -0.2) is 4.79 Å². The number of carbonyl (C=O) groups excluding carboxylic acids is 1. The molecule has 0 aromatic heterocycles. The number of nitrogens with two attached hydrogens (primary N) is 1. The van der Waals surface area contributed by atoms with Crippen LogP contribution in [0.2, 0.25) is 0 Å². The summed E-state index contributed by atoms with van der Waals surface area (Å²) in [5.74, 6) is -0.415. The van der Waals surface area contributed by atoms with E-state index in [1.165, 1.54) is 0 Å². The maximum Gasteiger partial charge on any atom is 0.340 e. The van der Waals surface area contributed by atoms with Gasteiger partial charge in [0.15, 0.2) is 0 Å². The monoisotopic (exact) mass is 348 g/mol. The standard InChI is InChI=1S/C16H17BrN2O2/c1-3-21-16(20)12-9-11(5-6-14(12)18)19-15-7-4-10(2)8-13(15)17/h4-9,19H,3,18H2,1-2H3. The van der Waals surface area contributed by atoms with E-state index in [1.54, 1.807) is 19.1 Å². The second-order valence-electron chi connectivity index (χ2n) is 4.63. The van der Waals surface area contributed by atoms with E-state index >= 15 is 0 Å². The number of nitrogens with one attached hydrogen (secondary N) is 1. The van der Waals surface area contributed by atoms with Gasteiger partial charge in [-0.05, 0) is 65.7 Å². The third kappa shape index (κ3) is 3.76. The van der Waals surface area contributed by atoms with Gasteiger partial charge in [-0.15, -0.1) is 0 Å². The largest absolute Gasteiger partial charge is 0.462 e. The van der Waals surface area contributed by atoms with Gasteiger partial charge < -0.3 is 15.8 Å². The normalized spacial score (nSPS) is 10.2. The molecule has 0 heterocycles. The minimum atomic E-state index is -0.415. The summed E-state index contributed by atoms with van der Waals surface area (Å²) in [6, 6.07) is 11.2. The lowest BCUT2D eigenvalue weighted by molar-refractivity contribution is 0.0527. The van der Waals surface area contributed by atoms with Crippen molar-refractivity contribution in [3.8, 4) is 0 Å². The number of hydrogen-bond acceptors (Lipinski definition) is 4. The first-order chi connectivity index (χ1) is 10.0. The van der Waals surface area contributed by atoms with E-state index in [0.29, 0.717) is 17.9 Å². The molecule has 0 saturated carbocycles. The number of aryl methyl sites for hydroxylation is 1. The number of benzene rings is 2. The van der Waals surface area contributed by atoms with Gasteiger partial charge in [0.05, 0.1) is 17.9 Å². The number of carbonyl (C=O) groups is 1. The van der Waals surface area contributed by atoms with E-state index < -0.39 is 5.97 Å². The van der Waals surface area contributed by atoms with Crippen molar-refractivity contribution in [3.05, 3.63) is 52.0 Å². The van der Waals surface area contributed by atoms with E-state index in [9.17, 15) is 4.79 Å². The lowest BCUT2D eigenvalue weighted by atomic mass is 10.1. The van der Waals surface area contributed by atoms with Crippen molar-refractivity contribution in [1.82, 2.24) is 0 Å². The zero-order valence-corrected chi connectivity index (χ0v) is 13.5. The number of rotatable bonds is 4. The Kier molecular flexibility index (Phi) is 4.85. The van der Waals surface area contributed by atoms with Crippen LogP contribution in [0.4, 0.5) is 17.1 Å². The summed E-state index contributed by atoms with van der Waals surface area (Å²) >= 11 is 3.51. The molecule has 0 amide bonds. The van der Waals surface area contributed by atoms with E-state index in [2.05, 4.69) is 21.2 Å². The second kappa shape index (κ2) is 6.63. The molecule has 2 rings (SSSR count). The van der Waals surface area contributed by atoms with Crippen LogP contribution in [0.3, 0.4) is 0 Å². The smallest absolute Gasteiger partial charge is 0.340 e. The van der Waals surface area contributed by atoms with Crippen LogP contribution in [0.15, 0.2) is 40.9 Å². The molecule has 3 N–H and O–H groups in total. The number of nitrogen functional groups attached to an aromatic ring is 1. The van der Waals surface area contributed by atoms with Gasteiger partial charge in [-0.3, -0.25) is 0 Å². The molecule has 0 bridgehead atoms. The SMILES string of the molecule is CCOC(=O)c1cc(Nc2ccc(C)cc2Br)ccc1N. The van der Waals surface area contributed by atoms with Gasteiger partial charge in [-0.1, -0.05) is 6.07 Å². The molecule has 2 aromatic rings. The number of esters is 1. The van der Waals surface area contributed by atoms with Crippen LogP contribution in [0.5, 0.6) is 0 Å². The Balaban J connectivity index is 2.28. The van der Waals surface area contributed by atoms with Gasteiger partial charge in [-0.2, -0.15) is 0 Å². The van der Waals surface area contributed by atoms with Crippen LogP contribution in [-0.4, -0.2) is 12.6 Å². The van der Waals surface area contributed by atoms with Gasteiger partial charge in [0.1, 0.15) is 0 Å². The summed E-state index contributed by atoms with van der Waals surface area (Å²) in [5, 5.41) is 3.25. The van der Waals surface area contributed by atoms with E-state index in [-0.39, 0.29) is 0 Å². The molecule has 0 aliphatic rings. The van der Waals surface area contributed by atoms with Crippen LogP contribution in [0.1, 0.15) is 22.8 Å². The highest BCUT2D eigenvalue weighted by molar-refractivity contribution is 9.10. The average molecular weight is 349 g/mol. The van der Waals surface area contributed by atoms with Crippen LogP contribution in [0.25, 0.3) is 0 Å². The molecule has 0 spiro atoms. The highest BCUT2D eigenvalue weighted by Gasteiger charge is 2.12. The first-order valence-electron chi connectivity index (χ1n) is 6.61. The van der Waals surface area contributed by atoms with E-state index in [4.69, 9.17) is 10.5 Å². The third-order valence-corrected chi connectivity index (χ3v) is 3.61. The average Bonchev–Trinajstić information content (AvgIpc) is 2.44. The topological polar surface area (TPSA) is 64.3 Å². The molecular formula is C16H17BrN2O2. The third-order valence-electron chi connectivity index (χ3n) is 2.95. The van der Waals surface area contributed by atoms with Gasteiger partial charge in [0.25, 0.3) is 0 Å². The predicted molar refractivity (Wildman–Crippen MR) is 89.0 cm³/mol. The molecule has 2 aromatic carbocycles. The van der Waals surface area contributed by atoms with Crippen molar-refractivity contribution in [2.75, 3.05) is 17.7 Å². The first kappa shape index (κ1) is 15.4. The Bertz CT molecular complexity index is 671. The summed E-state index contributed by atoms with van der Waals surface area (Å²) in [5.41, 5.74) is 9.45. The molecule has 110 valence electrons. The molecule has 0 aliphatic heterocycles. The molecular weight excluding hydrogens is 332 g/mol. The van der Waals surface area contributed by atoms with Crippen molar-refractivity contribution >= 4 is 39.0 Å².